The lowest BCUT2D eigenvalue weighted by molar-refractivity contribution is 0.259. The number of anilines is 1. The highest BCUT2D eigenvalue weighted by molar-refractivity contribution is 7.07. The van der Waals surface area contributed by atoms with E-state index in [1.165, 1.54) is 16.9 Å². The van der Waals surface area contributed by atoms with Crippen molar-refractivity contribution in [2.75, 3.05) is 5.32 Å². The highest BCUT2D eigenvalue weighted by Gasteiger charge is 2.12. The molecule has 0 aliphatic rings. The summed E-state index contributed by atoms with van der Waals surface area (Å²) in [6, 6.07) is 21.3. The van der Waals surface area contributed by atoms with E-state index in [9.17, 15) is 4.79 Å². The number of nitrogens with zero attached hydrogens (tertiary/aromatic N) is 5. The number of amides is 2. The van der Waals surface area contributed by atoms with Crippen molar-refractivity contribution in [3.63, 3.8) is 0 Å². The molecule has 0 aliphatic heterocycles. The van der Waals surface area contributed by atoms with Crippen molar-refractivity contribution < 1.29 is 4.79 Å². The Morgan fingerprint density at radius 1 is 0.917 bits per heavy atom. The average Bonchev–Trinajstić information content (AvgIpc) is 3.48. The zero-order valence-electron chi connectivity index (χ0n) is 20.6. The summed E-state index contributed by atoms with van der Waals surface area (Å²) >= 11 is 1.44. The average molecular weight is 495 g/mol. The van der Waals surface area contributed by atoms with Crippen LogP contribution in [0.25, 0.3) is 22.8 Å². The first-order valence-corrected chi connectivity index (χ1v) is 12.5. The molecule has 1 N–H and O–H groups in total. The fourth-order valence-corrected chi connectivity index (χ4v) is 4.92. The van der Waals surface area contributed by atoms with Gasteiger partial charge in [-0.2, -0.15) is 4.99 Å². The maximum Gasteiger partial charge on any atom is 0.348 e. The molecule has 0 saturated heterocycles. The van der Waals surface area contributed by atoms with Crippen molar-refractivity contribution in [1.82, 2.24) is 19.3 Å². The smallest absolute Gasteiger partial charge is 0.306 e. The third kappa shape index (κ3) is 4.76. The van der Waals surface area contributed by atoms with E-state index in [0.29, 0.717) is 16.3 Å². The SMILES string of the molecule is Cc1ccc(-n2cnc(-c3ccc(NC(=O)/N=c4\scc(C)n4-c4c(C)cccc4C)cc3)n2)cc1. The molecule has 2 amide bonds. The second kappa shape index (κ2) is 9.75. The van der Waals surface area contributed by atoms with Crippen LogP contribution in [0, 0.1) is 27.7 Å². The predicted octanol–water partition coefficient (Wildman–Crippen LogP) is 6.15. The monoisotopic (exact) mass is 494 g/mol. The molecule has 5 aromatic rings. The molecule has 7 nitrogen and oxygen atoms in total. The Hall–Kier alpha value is -4.30. The minimum absolute atomic E-state index is 0.425. The minimum atomic E-state index is -0.425. The lowest BCUT2D eigenvalue weighted by Crippen LogP contribution is -2.20. The van der Waals surface area contributed by atoms with Crippen molar-refractivity contribution in [1.29, 1.82) is 0 Å². The lowest BCUT2D eigenvalue weighted by Gasteiger charge is -2.12. The fraction of sp³-hybridized carbons (Fsp3) is 0.143. The summed E-state index contributed by atoms with van der Waals surface area (Å²) in [5, 5.41) is 9.45. The zero-order valence-corrected chi connectivity index (χ0v) is 21.4. The van der Waals surface area contributed by atoms with Crippen LogP contribution in [0.3, 0.4) is 0 Å². The summed E-state index contributed by atoms with van der Waals surface area (Å²) in [6.45, 7) is 8.20. The number of rotatable bonds is 4. The van der Waals surface area contributed by atoms with E-state index in [1.807, 2.05) is 71.5 Å². The molecule has 0 radical (unpaired) electrons. The molecule has 3 aromatic carbocycles. The van der Waals surface area contributed by atoms with Crippen LogP contribution in [0.4, 0.5) is 10.5 Å². The molecule has 36 heavy (non-hydrogen) atoms. The largest absolute Gasteiger partial charge is 0.348 e. The van der Waals surface area contributed by atoms with Gasteiger partial charge >= 0.3 is 6.03 Å². The normalized spacial score (nSPS) is 11.6. The third-order valence-corrected chi connectivity index (χ3v) is 6.87. The number of carbonyl (C=O) groups excluding carboxylic acids is 1. The number of hydrogen-bond acceptors (Lipinski definition) is 4. The molecule has 2 aromatic heterocycles. The zero-order chi connectivity index (χ0) is 25.2. The Labute approximate surface area is 213 Å². The Balaban J connectivity index is 1.35. The molecule has 0 unspecified atom stereocenters. The number of benzene rings is 3. The van der Waals surface area contributed by atoms with Crippen LogP contribution >= 0.6 is 11.3 Å². The quantitative estimate of drug-likeness (QED) is 0.325. The first kappa shape index (κ1) is 23.4. The van der Waals surface area contributed by atoms with Gasteiger partial charge in [-0.1, -0.05) is 35.9 Å². The van der Waals surface area contributed by atoms with Crippen molar-refractivity contribution >= 4 is 23.1 Å². The van der Waals surface area contributed by atoms with Gasteiger partial charge in [-0.3, -0.25) is 4.57 Å². The molecule has 8 heteroatoms. The Bertz CT molecular complexity index is 1590. The van der Waals surface area contributed by atoms with Crippen molar-refractivity contribution in [3.8, 4) is 22.8 Å². The molecule has 0 spiro atoms. The van der Waals surface area contributed by atoms with Gasteiger partial charge in [0.15, 0.2) is 10.6 Å². The summed E-state index contributed by atoms with van der Waals surface area (Å²) in [6.07, 6.45) is 1.70. The fourth-order valence-electron chi connectivity index (χ4n) is 4.06. The molecule has 180 valence electrons. The first-order chi connectivity index (χ1) is 17.4. The van der Waals surface area contributed by atoms with Crippen LogP contribution in [-0.4, -0.2) is 25.4 Å². The highest BCUT2D eigenvalue weighted by atomic mass is 32.1. The molecule has 0 atom stereocenters. The highest BCUT2D eigenvalue weighted by Crippen LogP contribution is 2.21. The van der Waals surface area contributed by atoms with Gasteiger partial charge in [0.05, 0.1) is 11.4 Å². The van der Waals surface area contributed by atoms with Crippen LogP contribution in [0.2, 0.25) is 0 Å². The molecule has 0 saturated carbocycles. The lowest BCUT2D eigenvalue weighted by atomic mass is 10.1. The van der Waals surface area contributed by atoms with Crippen LogP contribution in [0.5, 0.6) is 0 Å². The molecule has 0 aliphatic carbocycles. The second-order valence-electron chi connectivity index (χ2n) is 8.70. The molecule has 2 heterocycles. The molecular formula is C28H26N6OS. The number of para-hydroxylation sites is 1. The molecule has 5 rings (SSSR count). The number of aromatic nitrogens is 4. The summed E-state index contributed by atoms with van der Waals surface area (Å²) in [5.41, 5.74) is 8.01. The van der Waals surface area contributed by atoms with Crippen LogP contribution in [0.1, 0.15) is 22.4 Å². The van der Waals surface area contributed by atoms with E-state index in [2.05, 4.69) is 53.3 Å². The minimum Gasteiger partial charge on any atom is -0.306 e. The predicted molar refractivity (Wildman–Crippen MR) is 144 cm³/mol. The number of thiazole rings is 1. The van der Waals surface area contributed by atoms with Gasteiger partial charge in [-0.25, -0.2) is 14.5 Å². The summed E-state index contributed by atoms with van der Waals surface area (Å²) in [5.74, 6) is 0.613. The van der Waals surface area contributed by atoms with Crippen LogP contribution < -0.4 is 10.1 Å². The van der Waals surface area contributed by atoms with Crippen molar-refractivity contribution in [2.45, 2.75) is 27.7 Å². The number of hydrogen-bond donors (Lipinski definition) is 1. The first-order valence-electron chi connectivity index (χ1n) is 11.6. The molecule has 0 fully saturated rings. The number of nitrogens with one attached hydrogen (secondary N) is 1. The van der Waals surface area contributed by atoms with Crippen molar-refractivity contribution in [3.05, 3.63) is 106 Å². The van der Waals surface area contributed by atoms with E-state index in [0.717, 1.165) is 33.8 Å². The van der Waals surface area contributed by atoms with Crippen LogP contribution in [0.15, 0.2) is 83.4 Å². The van der Waals surface area contributed by atoms with Gasteiger partial charge in [0.1, 0.15) is 6.33 Å². The van der Waals surface area contributed by atoms with Crippen LogP contribution in [-0.2, 0) is 0 Å². The third-order valence-electron chi connectivity index (χ3n) is 5.92. The van der Waals surface area contributed by atoms with Gasteiger partial charge in [-0.05, 0) is 75.2 Å². The Morgan fingerprint density at radius 3 is 2.31 bits per heavy atom. The Morgan fingerprint density at radius 2 is 1.61 bits per heavy atom. The molecule has 0 bridgehead atoms. The summed E-state index contributed by atoms with van der Waals surface area (Å²) in [7, 11) is 0. The van der Waals surface area contributed by atoms with E-state index in [-0.39, 0.29) is 0 Å². The van der Waals surface area contributed by atoms with Gasteiger partial charge in [-0.15, -0.1) is 16.4 Å². The molecular weight excluding hydrogens is 468 g/mol. The van der Waals surface area contributed by atoms with E-state index >= 15 is 0 Å². The van der Waals surface area contributed by atoms with Gasteiger partial charge < -0.3 is 5.32 Å². The number of carbonyl (C=O) groups is 1. The van der Waals surface area contributed by atoms with Gasteiger partial charge in [0.25, 0.3) is 0 Å². The maximum atomic E-state index is 12.8. The second-order valence-corrected chi connectivity index (χ2v) is 9.54. The topological polar surface area (TPSA) is 77.1 Å². The van der Waals surface area contributed by atoms with E-state index in [1.54, 1.807) is 11.0 Å². The summed E-state index contributed by atoms with van der Waals surface area (Å²) < 4.78 is 3.78. The Kier molecular flexibility index (Phi) is 6.35. The maximum absolute atomic E-state index is 12.8. The van der Waals surface area contributed by atoms with Crippen molar-refractivity contribution in [2.24, 2.45) is 4.99 Å². The van der Waals surface area contributed by atoms with Gasteiger partial charge in [0, 0.05) is 22.3 Å². The number of aryl methyl sites for hydroxylation is 4. The van der Waals surface area contributed by atoms with E-state index in [4.69, 9.17) is 0 Å². The standard InChI is InChI=1S/C28H26N6OS/c1-18-8-14-24(15-9-18)33-17-29-26(32-33)22-10-12-23(13-11-22)30-27(35)31-28-34(21(4)16-36-28)25-19(2)6-5-7-20(25)3/h5-17H,1-4H3,(H,30,35)/b31-28-. The van der Waals surface area contributed by atoms with Gasteiger partial charge in [0.2, 0.25) is 0 Å². The number of urea groups is 1. The summed E-state index contributed by atoms with van der Waals surface area (Å²) in [4.78, 5) is 22.2. The van der Waals surface area contributed by atoms with E-state index < -0.39 is 6.03 Å².